The Bertz CT molecular complexity index is 2070. The Morgan fingerprint density at radius 2 is 0.823 bits per heavy atom. The molecule has 0 saturated carbocycles. The van der Waals surface area contributed by atoms with Crippen molar-refractivity contribution in [2.24, 2.45) is 5.92 Å². The summed E-state index contributed by atoms with van der Waals surface area (Å²) in [4.78, 5) is 42.1. The number of nitrogens with one attached hydrogen (secondary N) is 2. The average molecular weight is 862 g/mol. The quantitative estimate of drug-likeness (QED) is 0.0525. The molecule has 0 heterocycles. The van der Waals surface area contributed by atoms with Crippen LogP contribution >= 0.6 is 23.5 Å². The molecule has 0 aliphatic carbocycles. The third-order valence-electron chi connectivity index (χ3n) is 11.2. The summed E-state index contributed by atoms with van der Waals surface area (Å²) in [6.07, 6.45) is 1.36. The van der Waals surface area contributed by atoms with Crippen molar-refractivity contribution < 1.29 is 14.4 Å². The van der Waals surface area contributed by atoms with Gasteiger partial charge in [0.1, 0.15) is 6.04 Å². The highest BCUT2D eigenvalue weighted by atomic mass is 32.2. The number of carbonyl (C=O) groups is 3. The van der Waals surface area contributed by atoms with Crippen LogP contribution in [0.3, 0.4) is 0 Å². The molecule has 320 valence electrons. The van der Waals surface area contributed by atoms with Gasteiger partial charge in [0, 0.05) is 44.5 Å². The summed E-state index contributed by atoms with van der Waals surface area (Å²) in [5, 5.41) is 6.28. The van der Waals surface area contributed by atoms with Crippen molar-refractivity contribution in [1.82, 2.24) is 15.5 Å². The summed E-state index contributed by atoms with van der Waals surface area (Å²) in [5.41, 5.74) is 7.03. The Morgan fingerprint density at radius 1 is 0.500 bits per heavy atom. The molecule has 62 heavy (non-hydrogen) atoms. The maximum Gasteiger partial charge on any atom is 0.242 e. The van der Waals surface area contributed by atoms with E-state index in [1.165, 1.54) is 33.4 Å². The summed E-state index contributed by atoms with van der Waals surface area (Å²) in [7, 11) is 1.71. The number of benzene rings is 6. The van der Waals surface area contributed by atoms with Crippen LogP contribution < -0.4 is 10.6 Å². The molecule has 0 spiro atoms. The first-order chi connectivity index (χ1) is 30.3. The third-order valence-corrected chi connectivity index (χ3v) is 14.3. The second-order valence-electron chi connectivity index (χ2n) is 15.9. The average Bonchev–Trinajstić information content (AvgIpc) is 3.32. The Balaban J connectivity index is 1.02. The molecule has 0 saturated heterocycles. The van der Waals surface area contributed by atoms with Gasteiger partial charge in [-0.15, -0.1) is 23.5 Å². The SMILES string of the molecule is CC(C)CC(C(=O)NCCSC(c1ccccc1)(c1ccccc1)c1ccccc1)N(C)C(=O)CCCC(=O)NCCSC(c1ccccc1)(c1ccccc1)c1ccccc1. The topological polar surface area (TPSA) is 78.5 Å². The molecule has 6 aromatic rings. The highest BCUT2D eigenvalue weighted by Gasteiger charge is 2.38. The molecule has 0 fully saturated rings. The van der Waals surface area contributed by atoms with E-state index in [2.05, 4.69) is 170 Å². The van der Waals surface area contributed by atoms with Crippen molar-refractivity contribution >= 4 is 41.2 Å². The number of amides is 3. The normalized spacial score (nSPS) is 12.1. The molecule has 0 radical (unpaired) electrons. The molecule has 6 rings (SSSR count). The third kappa shape index (κ3) is 11.5. The van der Waals surface area contributed by atoms with Crippen molar-refractivity contribution in [2.45, 2.75) is 55.1 Å². The van der Waals surface area contributed by atoms with E-state index in [4.69, 9.17) is 0 Å². The molecule has 0 aromatic heterocycles. The molecule has 2 N–H and O–H groups in total. The predicted molar refractivity (Wildman–Crippen MR) is 259 cm³/mol. The number of thioether (sulfide) groups is 2. The van der Waals surface area contributed by atoms with Gasteiger partial charge in [-0.05, 0) is 52.1 Å². The minimum Gasteiger partial charge on any atom is -0.355 e. The van der Waals surface area contributed by atoms with Crippen LogP contribution in [0.2, 0.25) is 0 Å². The molecular weight excluding hydrogens is 803 g/mol. The molecule has 0 aliphatic rings. The van der Waals surface area contributed by atoms with Gasteiger partial charge < -0.3 is 15.5 Å². The largest absolute Gasteiger partial charge is 0.355 e. The van der Waals surface area contributed by atoms with Crippen LogP contribution in [0.25, 0.3) is 0 Å². The van der Waals surface area contributed by atoms with Gasteiger partial charge in [0.2, 0.25) is 17.7 Å². The van der Waals surface area contributed by atoms with E-state index in [0.717, 1.165) is 0 Å². The van der Waals surface area contributed by atoms with E-state index >= 15 is 0 Å². The van der Waals surface area contributed by atoms with Gasteiger partial charge in [0.15, 0.2) is 0 Å². The fraction of sp³-hybridized carbons (Fsp3) is 0.278. The maximum atomic E-state index is 13.8. The second-order valence-corrected chi connectivity index (χ2v) is 18.5. The molecule has 0 bridgehead atoms. The van der Waals surface area contributed by atoms with Crippen molar-refractivity contribution in [3.63, 3.8) is 0 Å². The van der Waals surface area contributed by atoms with Crippen LogP contribution in [-0.4, -0.2) is 60.3 Å². The molecular formula is C54H59N3O3S2. The summed E-state index contributed by atoms with van der Waals surface area (Å²) in [6.45, 7) is 5.06. The molecule has 6 nitrogen and oxygen atoms in total. The summed E-state index contributed by atoms with van der Waals surface area (Å²) >= 11 is 3.60. The number of hydrogen-bond acceptors (Lipinski definition) is 5. The number of rotatable bonds is 22. The number of likely N-dealkylation sites (N-methyl/N-ethyl adjacent to an activating group) is 1. The van der Waals surface area contributed by atoms with Gasteiger partial charge in [0.05, 0.1) is 9.49 Å². The lowest BCUT2D eigenvalue weighted by Gasteiger charge is -2.35. The standard InChI is InChI=1S/C54H59N3O3S2/c1-42(2)41-49(52(60)56-38-40-62-54(46-29-16-7-17-30-46,47-31-18-8-19-32-47)48-33-20-9-21-34-48)57(3)51(59)36-22-35-50(58)55-37-39-61-53(43-23-10-4-11-24-43,44-25-12-5-13-26-44)45-27-14-6-15-28-45/h4-21,23-34,42,49H,22,35-41H2,1-3H3,(H,55,58)(H,56,60). The van der Waals surface area contributed by atoms with Gasteiger partial charge in [-0.2, -0.15) is 0 Å². The van der Waals surface area contributed by atoms with Crippen molar-refractivity contribution in [1.29, 1.82) is 0 Å². The number of nitrogens with zero attached hydrogens (tertiary/aromatic N) is 1. The molecule has 0 aliphatic heterocycles. The van der Waals surface area contributed by atoms with E-state index < -0.39 is 15.5 Å². The molecule has 1 atom stereocenters. The lowest BCUT2D eigenvalue weighted by molar-refractivity contribution is -0.139. The Morgan fingerprint density at radius 3 is 1.15 bits per heavy atom. The Hall–Kier alpha value is -5.57. The summed E-state index contributed by atoms with van der Waals surface area (Å²) < 4.78 is -0.943. The second kappa shape index (κ2) is 23.0. The zero-order chi connectivity index (χ0) is 43.6. The molecule has 6 aromatic carbocycles. The van der Waals surface area contributed by atoms with Gasteiger partial charge in [0.25, 0.3) is 0 Å². The summed E-state index contributed by atoms with van der Waals surface area (Å²) in [5.74, 6) is 1.14. The Kier molecular flexibility index (Phi) is 17.1. The number of carbonyl (C=O) groups excluding carboxylic acids is 3. The minimum absolute atomic E-state index is 0.0858. The smallest absolute Gasteiger partial charge is 0.242 e. The Labute approximate surface area is 377 Å². The van der Waals surface area contributed by atoms with Gasteiger partial charge >= 0.3 is 0 Å². The van der Waals surface area contributed by atoms with E-state index in [1.54, 1.807) is 35.5 Å². The van der Waals surface area contributed by atoms with Crippen LogP contribution in [0, 0.1) is 5.92 Å². The van der Waals surface area contributed by atoms with E-state index in [-0.39, 0.29) is 36.5 Å². The maximum absolute atomic E-state index is 13.8. The lowest BCUT2D eigenvalue weighted by atomic mass is 9.84. The molecule has 8 heteroatoms. The van der Waals surface area contributed by atoms with Crippen LogP contribution in [0.1, 0.15) is 72.9 Å². The minimum atomic E-state index is -0.611. The zero-order valence-corrected chi connectivity index (χ0v) is 37.8. The van der Waals surface area contributed by atoms with Crippen molar-refractivity contribution in [2.75, 3.05) is 31.6 Å². The van der Waals surface area contributed by atoms with Crippen LogP contribution in [0.5, 0.6) is 0 Å². The first-order valence-corrected chi connectivity index (χ1v) is 23.6. The van der Waals surface area contributed by atoms with E-state index in [1.807, 2.05) is 36.4 Å². The van der Waals surface area contributed by atoms with E-state index in [9.17, 15) is 14.4 Å². The molecule has 1 unspecified atom stereocenters. The monoisotopic (exact) mass is 861 g/mol. The fourth-order valence-corrected chi connectivity index (χ4v) is 11.0. The predicted octanol–water partition coefficient (Wildman–Crippen LogP) is 10.7. The van der Waals surface area contributed by atoms with Crippen LogP contribution in [0.4, 0.5) is 0 Å². The molecule has 3 amide bonds. The highest BCUT2D eigenvalue weighted by molar-refractivity contribution is 8.00. The van der Waals surface area contributed by atoms with Gasteiger partial charge in [-0.25, -0.2) is 0 Å². The highest BCUT2D eigenvalue weighted by Crippen LogP contribution is 2.49. The number of hydrogen-bond donors (Lipinski definition) is 2. The van der Waals surface area contributed by atoms with Gasteiger partial charge in [-0.3, -0.25) is 14.4 Å². The van der Waals surface area contributed by atoms with Crippen LogP contribution in [0.15, 0.2) is 182 Å². The lowest BCUT2D eigenvalue weighted by Crippen LogP contribution is -2.48. The summed E-state index contributed by atoms with van der Waals surface area (Å²) in [6, 6.07) is 62.5. The van der Waals surface area contributed by atoms with E-state index in [0.29, 0.717) is 37.4 Å². The zero-order valence-electron chi connectivity index (χ0n) is 36.1. The first kappa shape index (κ1) is 45.9. The van der Waals surface area contributed by atoms with Crippen molar-refractivity contribution in [3.05, 3.63) is 215 Å². The van der Waals surface area contributed by atoms with Gasteiger partial charge in [-0.1, -0.05) is 196 Å². The first-order valence-electron chi connectivity index (χ1n) is 21.7. The van der Waals surface area contributed by atoms with Crippen molar-refractivity contribution in [3.8, 4) is 0 Å². The fourth-order valence-electron chi connectivity index (χ4n) is 8.15. The van der Waals surface area contributed by atoms with Crippen LogP contribution in [-0.2, 0) is 23.9 Å².